The van der Waals surface area contributed by atoms with E-state index in [1.807, 2.05) is 0 Å². The number of methoxy groups -OCH3 is 1. The quantitative estimate of drug-likeness (QED) is 0.749. The summed E-state index contributed by atoms with van der Waals surface area (Å²) in [5.41, 5.74) is 0. The first-order valence-electron chi connectivity index (χ1n) is 4.96. The molecule has 1 N–H and O–H groups in total. The van der Waals surface area contributed by atoms with E-state index in [0.717, 1.165) is 0 Å². The molecule has 6 heteroatoms. The standard InChI is InChI=1S/C10H15N3O3/c1-4-16-10(14)7(2)13-8-5-9(15-3)12-6-11-8/h5-7H,4H2,1-3H3,(H,11,12,13). The van der Waals surface area contributed by atoms with Gasteiger partial charge in [-0.25, -0.2) is 14.8 Å². The molecule has 16 heavy (non-hydrogen) atoms. The number of anilines is 1. The fraction of sp³-hybridized carbons (Fsp3) is 0.500. The smallest absolute Gasteiger partial charge is 0.328 e. The Morgan fingerprint density at radius 2 is 2.31 bits per heavy atom. The average molecular weight is 225 g/mol. The van der Waals surface area contributed by atoms with Crippen LogP contribution >= 0.6 is 0 Å². The predicted molar refractivity (Wildman–Crippen MR) is 58.3 cm³/mol. The van der Waals surface area contributed by atoms with Crippen LogP contribution in [0.15, 0.2) is 12.4 Å². The maximum Gasteiger partial charge on any atom is 0.328 e. The number of nitrogens with zero attached hydrogens (tertiary/aromatic N) is 2. The van der Waals surface area contributed by atoms with Gasteiger partial charge in [0.1, 0.15) is 18.2 Å². The lowest BCUT2D eigenvalue weighted by molar-refractivity contribution is -0.143. The molecule has 1 rings (SSSR count). The van der Waals surface area contributed by atoms with E-state index in [1.54, 1.807) is 19.9 Å². The summed E-state index contributed by atoms with van der Waals surface area (Å²) < 4.78 is 9.79. The molecule has 0 radical (unpaired) electrons. The van der Waals surface area contributed by atoms with E-state index in [1.165, 1.54) is 13.4 Å². The Morgan fingerprint density at radius 3 is 2.94 bits per heavy atom. The number of esters is 1. The van der Waals surface area contributed by atoms with Crippen molar-refractivity contribution in [3.05, 3.63) is 12.4 Å². The van der Waals surface area contributed by atoms with Crippen LogP contribution in [0.1, 0.15) is 13.8 Å². The van der Waals surface area contributed by atoms with Gasteiger partial charge in [-0.15, -0.1) is 0 Å². The SMILES string of the molecule is CCOC(=O)C(C)Nc1cc(OC)ncn1. The number of ether oxygens (including phenoxy) is 2. The van der Waals surface area contributed by atoms with Crippen LogP contribution in [0.2, 0.25) is 0 Å². The van der Waals surface area contributed by atoms with Crippen LogP contribution < -0.4 is 10.1 Å². The lowest BCUT2D eigenvalue weighted by Crippen LogP contribution is -2.28. The van der Waals surface area contributed by atoms with Crippen LogP contribution in [0, 0.1) is 0 Å². The number of rotatable bonds is 5. The number of carbonyl (C=O) groups is 1. The van der Waals surface area contributed by atoms with Gasteiger partial charge in [-0.1, -0.05) is 0 Å². The van der Waals surface area contributed by atoms with Gasteiger partial charge in [0.25, 0.3) is 0 Å². The molecule has 0 spiro atoms. The van der Waals surface area contributed by atoms with Crippen molar-refractivity contribution < 1.29 is 14.3 Å². The van der Waals surface area contributed by atoms with Gasteiger partial charge >= 0.3 is 5.97 Å². The third kappa shape index (κ3) is 3.38. The minimum absolute atomic E-state index is 0.319. The summed E-state index contributed by atoms with van der Waals surface area (Å²) in [5.74, 6) is 0.640. The fourth-order valence-corrected chi connectivity index (χ4v) is 1.08. The van der Waals surface area contributed by atoms with Crippen LogP contribution in [0.5, 0.6) is 5.88 Å². The second-order valence-electron chi connectivity index (χ2n) is 3.06. The van der Waals surface area contributed by atoms with Crippen molar-refractivity contribution in [1.29, 1.82) is 0 Å². The molecule has 0 saturated carbocycles. The number of nitrogens with one attached hydrogen (secondary N) is 1. The highest BCUT2D eigenvalue weighted by Crippen LogP contribution is 2.11. The van der Waals surface area contributed by atoms with E-state index in [2.05, 4.69) is 15.3 Å². The molecule has 0 aliphatic carbocycles. The van der Waals surface area contributed by atoms with Crippen LogP contribution in [-0.2, 0) is 9.53 Å². The number of carbonyl (C=O) groups excluding carboxylic acids is 1. The fourth-order valence-electron chi connectivity index (χ4n) is 1.08. The van der Waals surface area contributed by atoms with Crippen LogP contribution in [0.25, 0.3) is 0 Å². The van der Waals surface area contributed by atoms with Gasteiger partial charge in [0.05, 0.1) is 13.7 Å². The largest absolute Gasteiger partial charge is 0.481 e. The van der Waals surface area contributed by atoms with Gasteiger partial charge in [0.2, 0.25) is 5.88 Å². The maximum absolute atomic E-state index is 11.3. The molecule has 1 aromatic heterocycles. The first-order valence-corrected chi connectivity index (χ1v) is 4.96. The molecule has 1 unspecified atom stereocenters. The lowest BCUT2D eigenvalue weighted by Gasteiger charge is -2.13. The molecule has 0 fully saturated rings. The van der Waals surface area contributed by atoms with E-state index in [-0.39, 0.29) is 5.97 Å². The molecule has 0 aliphatic rings. The first kappa shape index (κ1) is 12.2. The Hall–Kier alpha value is -1.85. The molecule has 1 aromatic rings. The Kier molecular flexibility index (Phi) is 4.50. The molecule has 1 heterocycles. The summed E-state index contributed by atoms with van der Waals surface area (Å²) in [4.78, 5) is 19.2. The van der Waals surface area contributed by atoms with Crippen LogP contribution in [-0.4, -0.2) is 35.7 Å². The zero-order chi connectivity index (χ0) is 12.0. The molecule has 0 aliphatic heterocycles. The maximum atomic E-state index is 11.3. The summed E-state index contributed by atoms with van der Waals surface area (Å²) in [6.45, 7) is 3.82. The summed E-state index contributed by atoms with van der Waals surface area (Å²) in [5, 5.41) is 2.90. The molecule has 0 bridgehead atoms. The number of aromatic nitrogens is 2. The summed E-state index contributed by atoms with van der Waals surface area (Å²) >= 11 is 0. The molecule has 0 amide bonds. The summed E-state index contributed by atoms with van der Waals surface area (Å²) in [7, 11) is 1.51. The van der Waals surface area contributed by atoms with Gasteiger partial charge in [0.15, 0.2) is 0 Å². The van der Waals surface area contributed by atoms with Crippen molar-refractivity contribution in [2.45, 2.75) is 19.9 Å². The molecule has 0 aromatic carbocycles. The van der Waals surface area contributed by atoms with Crippen molar-refractivity contribution in [1.82, 2.24) is 9.97 Å². The third-order valence-electron chi connectivity index (χ3n) is 1.86. The van der Waals surface area contributed by atoms with E-state index in [0.29, 0.717) is 18.3 Å². The third-order valence-corrected chi connectivity index (χ3v) is 1.86. The van der Waals surface area contributed by atoms with Crippen LogP contribution in [0.4, 0.5) is 5.82 Å². The van der Waals surface area contributed by atoms with Gasteiger partial charge in [0, 0.05) is 6.07 Å². The zero-order valence-electron chi connectivity index (χ0n) is 9.56. The highest BCUT2D eigenvalue weighted by molar-refractivity contribution is 5.78. The van der Waals surface area contributed by atoms with Gasteiger partial charge in [-0.05, 0) is 13.8 Å². The monoisotopic (exact) mass is 225 g/mol. The normalized spacial score (nSPS) is 11.7. The van der Waals surface area contributed by atoms with E-state index >= 15 is 0 Å². The topological polar surface area (TPSA) is 73.3 Å². The Bertz CT molecular complexity index is 357. The minimum atomic E-state index is -0.459. The zero-order valence-corrected chi connectivity index (χ0v) is 9.56. The molecule has 1 atom stereocenters. The average Bonchev–Trinajstić information content (AvgIpc) is 2.29. The van der Waals surface area contributed by atoms with Crippen molar-refractivity contribution in [3.8, 4) is 5.88 Å². The second-order valence-corrected chi connectivity index (χ2v) is 3.06. The Labute approximate surface area is 94.0 Å². The Morgan fingerprint density at radius 1 is 1.56 bits per heavy atom. The van der Waals surface area contributed by atoms with Crippen molar-refractivity contribution in [2.75, 3.05) is 19.0 Å². The number of hydrogen-bond acceptors (Lipinski definition) is 6. The highest BCUT2D eigenvalue weighted by atomic mass is 16.5. The molecular formula is C10H15N3O3. The van der Waals surface area contributed by atoms with Crippen LogP contribution in [0.3, 0.4) is 0 Å². The van der Waals surface area contributed by atoms with E-state index in [9.17, 15) is 4.79 Å². The Balaban J connectivity index is 2.61. The highest BCUT2D eigenvalue weighted by Gasteiger charge is 2.14. The summed E-state index contributed by atoms with van der Waals surface area (Å²) in [6, 6.07) is 1.15. The molecular weight excluding hydrogens is 210 g/mol. The predicted octanol–water partition coefficient (Wildman–Crippen LogP) is 0.849. The lowest BCUT2D eigenvalue weighted by atomic mass is 10.3. The van der Waals surface area contributed by atoms with E-state index in [4.69, 9.17) is 9.47 Å². The number of hydrogen-bond donors (Lipinski definition) is 1. The van der Waals surface area contributed by atoms with Gasteiger partial charge in [-0.2, -0.15) is 0 Å². The molecule has 6 nitrogen and oxygen atoms in total. The van der Waals surface area contributed by atoms with Crippen molar-refractivity contribution in [3.63, 3.8) is 0 Å². The summed E-state index contributed by atoms with van der Waals surface area (Å²) in [6.07, 6.45) is 1.36. The molecule has 88 valence electrons. The van der Waals surface area contributed by atoms with Crippen molar-refractivity contribution >= 4 is 11.8 Å². The van der Waals surface area contributed by atoms with Gasteiger partial charge < -0.3 is 14.8 Å². The first-order chi connectivity index (χ1) is 7.67. The minimum Gasteiger partial charge on any atom is -0.481 e. The molecule has 0 saturated heterocycles. The van der Waals surface area contributed by atoms with Gasteiger partial charge in [-0.3, -0.25) is 0 Å². The second kappa shape index (κ2) is 5.89. The van der Waals surface area contributed by atoms with Crippen molar-refractivity contribution in [2.24, 2.45) is 0 Å². The van der Waals surface area contributed by atoms with E-state index < -0.39 is 6.04 Å².